The van der Waals surface area contributed by atoms with E-state index in [9.17, 15) is 8.42 Å². The van der Waals surface area contributed by atoms with Gasteiger partial charge in [-0.25, -0.2) is 8.42 Å². The third kappa shape index (κ3) is 3.30. The topological polar surface area (TPSA) is 79.5 Å². The molecule has 1 saturated heterocycles. The molecule has 0 bridgehead atoms. The second-order valence-electron chi connectivity index (χ2n) is 4.75. The van der Waals surface area contributed by atoms with Crippen molar-refractivity contribution in [3.8, 4) is 0 Å². The number of rotatable bonds is 3. The van der Waals surface area contributed by atoms with E-state index < -0.39 is 10.0 Å². The molecule has 2 heterocycles. The highest BCUT2D eigenvalue weighted by atomic mass is 32.2. The quantitative estimate of drug-likeness (QED) is 0.836. The number of aromatic nitrogens is 1. The largest absolute Gasteiger partial charge is 0.325 e. The van der Waals surface area contributed by atoms with Crippen LogP contribution in [0.3, 0.4) is 0 Å². The van der Waals surface area contributed by atoms with Gasteiger partial charge in [-0.1, -0.05) is 0 Å². The highest BCUT2D eigenvalue weighted by molar-refractivity contribution is 7.89. The van der Waals surface area contributed by atoms with E-state index in [2.05, 4.69) is 9.88 Å². The minimum atomic E-state index is -3.43. The van der Waals surface area contributed by atoms with Crippen LogP contribution in [0, 0.1) is 0 Å². The van der Waals surface area contributed by atoms with Crippen molar-refractivity contribution in [2.75, 3.05) is 33.2 Å². The molecule has 0 radical (unpaired) electrons. The number of likely N-dealkylation sites (N-methyl/N-ethyl adjacent to an activating group) is 1. The Labute approximate surface area is 114 Å². The number of sulfonamides is 1. The van der Waals surface area contributed by atoms with Crippen LogP contribution in [-0.2, 0) is 16.6 Å². The average molecular weight is 284 g/mol. The van der Waals surface area contributed by atoms with Crippen molar-refractivity contribution in [2.45, 2.75) is 17.9 Å². The van der Waals surface area contributed by atoms with Crippen LogP contribution in [-0.4, -0.2) is 55.8 Å². The summed E-state index contributed by atoms with van der Waals surface area (Å²) in [4.78, 5) is 6.44. The van der Waals surface area contributed by atoms with Crippen molar-refractivity contribution in [1.29, 1.82) is 0 Å². The summed E-state index contributed by atoms with van der Waals surface area (Å²) in [5, 5.41) is 0. The van der Waals surface area contributed by atoms with Gasteiger partial charge in [0.1, 0.15) is 4.90 Å². The summed E-state index contributed by atoms with van der Waals surface area (Å²) in [6.07, 6.45) is 2.25. The van der Waals surface area contributed by atoms with Gasteiger partial charge in [-0.3, -0.25) is 4.98 Å². The molecular formula is C12H20N4O2S. The third-order valence-corrected chi connectivity index (χ3v) is 5.21. The van der Waals surface area contributed by atoms with Crippen molar-refractivity contribution < 1.29 is 8.42 Å². The summed E-state index contributed by atoms with van der Waals surface area (Å²) >= 11 is 0. The highest BCUT2D eigenvalue weighted by Crippen LogP contribution is 2.16. The van der Waals surface area contributed by atoms with E-state index in [4.69, 9.17) is 5.73 Å². The maximum Gasteiger partial charge on any atom is 0.244 e. The van der Waals surface area contributed by atoms with Gasteiger partial charge < -0.3 is 10.6 Å². The molecule has 0 spiro atoms. The van der Waals surface area contributed by atoms with Crippen LogP contribution in [0.15, 0.2) is 23.2 Å². The van der Waals surface area contributed by atoms with Gasteiger partial charge in [-0.15, -0.1) is 0 Å². The van der Waals surface area contributed by atoms with E-state index in [1.807, 2.05) is 7.05 Å². The molecule has 106 valence electrons. The zero-order valence-electron chi connectivity index (χ0n) is 11.1. The average Bonchev–Trinajstić information content (AvgIpc) is 2.64. The molecule has 2 N–H and O–H groups in total. The maximum absolute atomic E-state index is 12.5. The summed E-state index contributed by atoms with van der Waals surface area (Å²) in [5.74, 6) is 0. The first kappa shape index (κ1) is 14.4. The molecule has 0 amide bonds. The molecule has 6 nitrogen and oxygen atoms in total. The van der Waals surface area contributed by atoms with Crippen molar-refractivity contribution in [3.05, 3.63) is 24.0 Å². The second-order valence-corrected chi connectivity index (χ2v) is 6.69. The fraction of sp³-hybridized carbons (Fsp3) is 0.583. The fourth-order valence-electron chi connectivity index (χ4n) is 2.10. The zero-order chi connectivity index (χ0) is 13.9. The smallest absolute Gasteiger partial charge is 0.244 e. The Hall–Kier alpha value is -1.02. The van der Waals surface area contributed by atoms with Crippen LogP contribution in [0.25, 0.3) is 0 Å². The normalized spacial score (nSPS) is 19.3. The second kappa shape index (κ2) is 5.96. The van der Waals surface area contributed by atoms with E-state index in [1.54, 1.807) is 12.1 Å². The monoisotopic (exact) mass is 284 g/mol. The molecule has 1 aromatic heterocycles. The Morgan fingerprint density at radius 3 is 2.68 bits per heavy atom. The van der Waals surface area contributed by atoms with E-state index >= 15 is 0 Å². The Morgan fingerprint density at radius 2 is 2.05 bits per heavy atom. The van der Waals surface area contributed by atoms with Gasteiger partial charge in [0.05, 0.1) is 5.69 Å². The lowest BCUT2D eigenvalue weighted by molar-refractivity contribution is 0.347. The molecule has 7 heteroatoms. The molecule has 0 unspecified atom stereocenters. The number of hydrogen-bond acceptors (Lipinski definition) is 5. The Kier molecular flexibility index (Phi) is 4.51. The number of hydrogen-bond donors (Lipinski definition) is 1. The standard InChI is InChI=1S/C12H20N4O2S/c1-15-5-2-6-16(8-7-15)19(17,18)12-4-3-11(9-13)14-10-12/h3-4,10H,2,5-9,13H2,1H3. The van der Waals surface area contributed by atoms with Crippen LogP contribution < -0.4 is 5.73 Å². The summed E-state index contributed by atoms with van der Waals surface area (Å²) in [6.45, 7) is 3.08. The summed E-state index contributed by atoms with van der Waals surface area (Å²) in [6, 6.07) is 3.25. The molecule has 0 saturated carbocycles. The van der Waals surface area contributed by atoms with Gasteiger partial charge in [0.25, 0.3) is 0 Å². The summed E-state index contributed by atoms with van der Waals surface area (Å²) in [5.41, 5.74) is 6.15. The maximum atomic E-state index is 12.5. The first-order valence-corrected chi connectivity index (χ1v) is 7.82. The summed E-state index contributed by atoms with van der Waals surface area (Å²) < 4.78 is 26.5. The van der Waals surface area contributed by atoms with E-state index in [-0.39, 0.29) is 4.90 Å². The van der Waals surface area contributed by atoms with E-state index in [1.165, 1.54) is 10.5 Å². The number of nitrogens with zero attached hydrogens (tertiary/aromatic N) is 3. The van der Waals surface area contributed by atoms with E-state index in [0.29, 0.717) is 25.3 Å². The predicted octanol–water partition coefficient (Wildman–Crippen LogP) is -0.133. The molecule has 0 atom stereocenters. The molecular weight excluding hydrogens is 264 g/mol. The fourth-order valence-corrected chi connectivity index (χ4v) is 3.51. The number of nitrogens with two attached hydrogens (primary N) is 1. The Bertz CT molecular complexity index is 515. The van der Waals surface area contributed by atoms with E-state index in [0.717, 1.165) is 19.5 Å². The predicted molar refractivity (Wildman–Crippen MR) is 73.0 cm³/mol. The first-order chi connectivity index (χ1) is 9.04. The molecule has 1 fully saturated rings. The zero-order valence-corrected chi connectivity index (χ0v) is 11.9. The molecule has 1 aliphatic heterocycles. The molecule has 2 rings (SSSR count). The van der Waals surface area contributed by atoms with Crippen molar-refractivity contribution >= 4 is 10.0 Å². The summed E-state index contributed by atoms with van der Waals surface area (Å²) in [7, 11) is -1.42. The van der Waals surface area contributed by atoms with Gasteiger partial charge in [-0.05, 0) is 32.1 Å². The minimum absolute atomic E-state index is 0.245. The Morgan fingerprint density at radius 1 is 1.26 bits per heavy atom. The molecule has 19 heavy (non-hydrogen) atoms. The SMILES string of the molecule is CN1CCCN(S(=O)(=O)c2ccc(CN)nc2)CC1. The van der Waals surface area contributed by atoms with Crippen LogP contribution in [0.4, 0.5) is 0 Å². The van der Waals surface area contributed by atoms with Crippen LogP contribution in [0.2, 0.25) is 0 Å². The molecule has 0 aliphatic carbocycles. The van der Waals surface area contributed by atoms with Crippen molar-refractivity contribution in [1.82, 2.24) is 14.2 Å². The lowest BCUT2D eigenvalue weighted by Crippen LogP contribution is -2.34. The first-order valence-electron chi connectivity index (χ1n) is 6.38. The van der Waals surface area contributed by atoms with Crippen molar-refractivity contribution in [3.63, 3.8) is 0 Å². The number of pyridine rings is 1. The van der Waals surface area contributed by atoms with Gasteiger partial charge in [0, 0.05) is 32.4 Å². The van der Waals surface area contributed by atoms with Gasteiger partial charge in [0.2, 0.25) is 10.0 Å². The van der Waals surface area contributed by atoms with Crippen LogP contribution in [0.1, 0.15) is 12.1 Å². The van der Waals surface area contributed by atoms with Gasteiger partial charge >= 0.3 is 0 Å². The van der Waals surface area contributed by atoms with Gasteiger partial charge in [0.15, 0.2) is 0 Å². The Balaban J connectivity index is 2.20. The highest BCUT2D eigenvalue weighted by Gasteiger charge is 2.26. The lowest BCUT2D eigenvalue weighted by Gasteiger charge is -2.20. The minimum Gasteiger partial charge on any atom is -0.325 e. The molecule has 1 aliphatic rings. The lowest BCUT2D eigenvalue weighted by atomic mass is 10.4. The van der Waals surface area contributed by atoms with Crippen molar-refractivity contribution in [2.24, 2.45) is 5.73 Å². The van der Waals surface area contributed by atoms with Crippen LogP contribution >= 0.6 is 0 Å². The third-order valence-electron chi connectivity index (χ3n) is 3.32. The molecule has 1 aromatic rings. The molecule has 0 aromatic carbocycles. The van der Waals surface area contributed by atoms with Crippen LogP contribution in [0.5, 0.6) is 0 Å². The van der Waals surface area contributed by atoms with Gasteiger partial charge in [-0.2, -0.15) is 4.31 Å².